The molecular weight excluding hydrogens is 256 g/mol. The lowest BCUT2D eigenvalue weighted by Crippen LogP contribution is -2.12. The second-order valence-electron chi connectivity index (χ2n) is 3.69. The molecule has 0 aromatic heterocycles. The number of benzene rings is 1. The molecule has 1 unspecified atom stereocenters. The van der Waals surface area contributed by atoms with E-state index >= 15 is 0 Å². The Morgan fingerprint density at radius 1 is 1.40 bits per heavy atom. The molecular formula is C12H15BrO2. The van der Waals surface area contributed by atoms with Crippen molar-refractivity contribution in [1.29, 1.82) is 0 Å². The van der Waals surface area contributed by atoms with Gasteiger partial charge in [0.25, 0.3) is 0 Å². The summed E-state index contributed by atoms with van der Waals surface area (Å²) in [5.74, 6) is -1.14. The van der Waals surface area contributed by atoms with Crippen molar-refractivity contribution in [2.24, 2.45) is 0 Å². The molecule has 0 heterocycles. The van der Waals surface area contributed by atoms with Gasteiger partial charge in [0.2, 0.25) is 0 Å². The van der Waals surface area contributed by atoms with Gasteiger partial charge in [-0.3, -0.25) is 4.79 Å². The molecule has 0 aliphatic rings. The van der Waals surface area contributed by atoms with E-state index in [2.05, 4.69) is 15.9 Å². The van der Waals surface area contributed by atoms with Gasteiger partial charge in [0.1, 0.15) is 0 Å². The van der Waals surface area contributed by atoms with Crippen molar-refractivity contribution in [3.63, 3.8) is 0 Å². The lowest BCUT2D eigenvalue weighted by atomic mass is 9.90. The maximum atomic E-state index is 11.1. The molecule has 1 aromatic carbocycles. The highest BCUT2D eigenvalue weighted by Gasteiger charge is 2.20. The van der Waals surface area contributed by atoms with Gasteiger partial charge < -0.3 is 5.11 Å². The average molecular weight is 271 g/mol. The number of aliphatic carboxylic acids is 1. The van der Waals surface area contributed by atoms with Crippen molar-refractivity contribution in [1.82, 2.24) is 0 Å². The molecule has 1 N–H and O–H groups in total. The summed E-state index contributed by atoms with van der Waals surface area (Å²) in [4.78, 5) is 11.1. The van der Waals surface area contributed by atoms with Crippen LogP contribution in [0.4, 0.5) is 0 Å². The van der Waals surface area contributed by atoms with Crippen molar-refractivity contribution in [3.05, 3.63) is 33.3 Å². The number of carboxylic acids is 1. The second kappa shape index (κ2) is 4.79. The van der Waals surface area contributed by atoms with Crippen LogP contribution < -0.4 is 0 Å². The van der Waals surface area contributed by atoms with Crippen LogP contribution in [0, 0.1) is 13.8 Å². The first-order valence-corrected chi connectivity index (χ1v) is 5.76. The minimum atomic E-state index is -0.748. The van der Waals surface area contributed by atoms with Crippen molar-refractivity contribution in [2.75, 3.05) is 0 Å². The van der Waals surface area contributed by atoms with E-state index < -0.39 is 11.9 Å². The van der Waals surface area contributed by atoms with Crippen molar-refractivity contribution in [3.8, 4) is 0 Å². The van der Waals surface area contributed by atoms with E-state index in [4.69, 9.17) is 5.11 Å². The second-order valence-corrected chi connectivity index (χ2v) is 4.54. The fraction of sp³-hybridized carbons (Fsp3) is 0.417. The first-order valence-electron chi connectivity index (χ1n) is 4.97. The zero-order chi connectivity index (χ0) is 11.6. The van der Waals surface area contributed by atoms with Crippen molar-refractivity contribution >= 4 is 21.9 Å². The SMILES string of the molecule is CCC(C(=O)O)c1ccc(Br)c(C)c1C. The van der Waals surface area contributed by atoms with E-state index in [0.717, 1.165) is 21.2 Å². The molecule has 0 saturated carbocycles. The summed E-state index contributed by atoms with van der Waals surface area (Å²) in [6.07, 6.45) is 0.622. The summed E-state index contributed by atoms with van der Waals surface area (Å²) in [5.41, 5.74) is 3.11. The number of halogens is 1. The maximum Gasteiger partial charge on any atom is 0.310 e. The van der Waals surface area contributed by atoms with E-state index in [9.17, 15) is 4.79 Å². The molecule has 0 saturated heterocycles. The quantitative estimate of drug-likeness (QED) is 0.911. The van der Waals surface area contributed by atoms with Gasteiger partial charge in [0.05, 0.1) is 5.92 Å². The number of hydrogen-bond acceptors (Lipinski definition) is 1. The molecule has 15 heavy (non-hydrogen) atoms. The third kappa shape index (κ3) is 2.40. The molecule has 0 spiro atoms. The van der Waals surface area contributed by atoms with Crippen LogP contribution in [0.2, 0.25) is 0 Å². The van der Waals surface area contributed by atoms with Crippen LogP contribution in [-0.2, 0) is 4.79 Å². The van der Waals surface area contributed by atoms with Gasteiger partial charge in [-0.2, -0.15) is 0 Å². The van der Waals surface area contributed by atoms with Gasteiger partial charge in [0, 0.05) is 4.47 Å². The Morgan fingerprint density at radius 2 is 2.00 bits per heavy atom. The fourth-order valence-electron chi connectivity index (χ4n) is 1.71. The van der Waals surface area contributed by atoms with Crippen LogP contribution in [0.5, 0.6) is 0 Å². The van der Waals surface area contributed by atoms with E-state index in [1.54, 1.807) is 0 Å². The van der Waals surface area contributed by atoms with Crippen molar-refractivity contribution < 1.29 is 9.90 Å². The van der Waals surface area contributed by atoms with E-state index in [-0.39, 0.29) is 0 Å². The molecule has 0 fully saturated rings. The molecule has 0 aliphatic carbocycles. The smallest absolute Gasteiger partial charge is 0.310 e. The zero-order valence-electron chi connectivity index (χ0n) is 9.17. The molecule has 1 rings (SSSR count). The van der Waals surface area contributed by atoms with Crippen LogP contribution in [0.1, 0.15) is 36.0 Å². The Labute approximate surface area is 98.4 Å². The fourth-order valence-corrected chi connectivity index (χ4v) is 2.14. The Hall–Kier alpha value is -0.830. The van der Waals surface area contributed by atoms with Gasteiger partial charge in [0.15, 0.2) is 0 Å². The maximum absolute atomic E-state index is 11.1. The third-order valence-corrected chi connectivity index (χ3v) is 3.70. The summed E-state index contributed by atoms with van der Waals surface area (Å²) in [6, 6.07) is 3.82. The Kier molecular flexibility index (Phi) is 3.91. The van der Waals surface area contributed by atoms with Gasteiger partial charge >= 0.3 is 5.97 Å². The number of hydrogen-bond donors (Lipinski definition) is 1. The highest BCUT2D eigenvalue weighted by atomic mass is 79.9. The van der Waals surface area contributed by atoms with E-state index in [1.807, 2.05) is 32.9 Å². The zero-order valence-corrected chi connectivity index (χ0v) is 10.8. The predicted octanol–water partition coefficient (Wildman–Crippen LogP) is 3.64. The van der Waals surface area contributed by atoms with Crippen molar-refractivity contribution in [2.45, 2.75) is 33.1 Å². The van der Waals surface area contributed by atoms with Crippen LogP contribution in [-0.4, -0.2) is 11.1 Å². The summed E-state index contributed by atoms with van der Waals surface area (Å²) < 4.78 is 1.03. The first kappa shape index (κ1) is 12.2. The van der Waals surface area contributed by atoms with E-state index in [0.29, 0.717) is 6.42 Å². The highest BCUT2D eigenvalue weighted by Crippen LogP contribution is 2.29. The van der Waals surface area contributed by atoms with Crippen LogP contribution in [0.3, 0.4) is 0 Å². The first-order chi connectivity index (χ1) is 6.99. The minimum Gasteiger partial charge on any atom is -0.481 e. The molecule has 0 aliphatic heterocycles. The molecule has 2 nitrogen and oxygen atoms in total. The molecule has 1 aromatic rings. The largest absolute Gasteiger partial charge is 0.481 e. The van der Waals surface area contributed by atoms with Crippen LogP contribution >= 0.6 is 15.9 Å². The Morgan fingerprint density at radius 3 is 2.47 bits per heavy atom. The van der Waals surface area contributed by atoms with Crippen LogP contribution in [0.15, 0.2) is 16.6 Å². The Bertz CT molecular complexity index is 385. The standard InChI is InChI=1S/C12H15BrO2/c1-4-9(12(14)15)10-5-6-11(13)8(3)7(10)2/h5-6,9H,4H2,1-3H3,(H,14,15). The lowest BCUT2D eigenvalue weighted by Gasteiger charge is -2.15. The molecule has 0 bridgehead atoms. The Balaban J connectivity index is 3.25. The lowest BCUT2D eigenvalue weighted by molar-refractivity contribution is -0.138. The molecule has 0 radical (unpaired) electrons. The number of carboxylic acid groups (broad SMARTS) is 1. The third-order valence-electron chi connectivity index (χ3n) is 2.84. The average Bonchev–Trinajstić information content (AvgIpc) is 2.18. The summed E-state index contributed by atoms with van der Waals surface area (Å²) in [7, 11) is 0. The normalized spacial score (nSPS) is 12.5. The van der Waals surface area contributed by atoms with Crippen LogP contribution in [0.25, 0.3) is 0 Å². The number of rotatable bonds is 3. The predicted molar refractivity (Wildman–Crippen MR) is 64.3 cm³/mol. The van der Waals surface area contributed by atoms with Gasteiger partial charge in [-0.25, -0.2) is 0 Å². The van der Waals surface area contributed by atoms with Gasteiger partial charge in [-0.05, 0) is 43.0 Å². The number of carbonyl (C=O) groups is 1. The monoisotopic (exact) mass is 270 g/mol. The topological polar surface area (TPSA) is 37.3 Å². The summed E-state index contributed by atoms with van der Waals surface area (Å²) in [6.45, 7) is 5.87. The summed E-state index contributed by atoms with van der Waals surface area (Å²) >= 11 is 3.44. The molecule has 0 amide bonds. The minimum absolute atomic E-state index is 0.392. The van der Waals surface area contributed by atoms with Gasteiger partial charge in [-0.15, -0.1) is 0 Å². The molecule has 3 heteroatoms. The summed E-state index contributed by atoms with van der Waals surface area (Å²) in [5, 5.41) is 9.10. The molecule has 82 valence electrons. The highest BCUT2D eigenvalue weighted by molar-refractivity contribution is 9.10. The van der Waals surface area contributed by atoms with Gasteiger partial charge in [-0.1, -0.05) is 28.9 Å². The molecule has 1 atom stereocenters. The van der Waals surface area contributed by atoms with E-state index in [1.165, 1.54) is 0 Å².